The topological polar surface area (TPSA) is 94.4 Å². The van der Waals surface area contributed by atoms with Gasteiger partial charge in [0.25, 0.3) is 0 Å². The summed E-state index contributed by atoms with van der Waals surface area (Å²) < 4.78 is 12.8. The number of imidazole rings is 1. The maximum atomic E-state index is 11.4. The van der Waals surface area contributed by atoms with Crippen LogP contribution in [0.25, 0.3) is 16.9 Å². The molecule has 29 heavy (non-hydrogen) atoms. The second kappa shape index (κ2) is 7.57. The van der Waals surface area contributed by atoms with Crippen LogP contribution in [0.4, 0.5) is 5.82 Å². The number of amides is 1. The number of hydrogen-bond donors (Lipinski definition) is 1. The van der Waals surface area contributed by atoms with Gasteiger partial charge in [0.05, 0.1) is 19.9 Å². The summed E-state index contributed by atoms with van der Waals surface area (Å²) >= 11 is 0. The molecule has 1 aliphatic rings. The van der Waals surface area contributed by atoms with Crippen molar-refractivity contribution in [3.8, 4) is 17.2 Å². The second-order valence-electron chi connectivity index (χ2n) is 7.04. The van der Waals surface area contributed by atoms with Crippen molar-refractivity contribution in [2.24, 2.45) is 0 Å². The molecule has 1 fully saturated rings. The van der Waals surface area contributed by atoms with Gasteiger partial charge in [0.15, 0.2) is 28.5 Å². The first-order valence-corrected chi connectivity index (χ1v) is 9.46. The quantitative estimate of drug-likeness (QED) is 0.703. The molecule has 1 saturated heterocycles. The van der Waals surface area contributed by atoms with Gasteiger partial charge in [-0.3, -0.25) is 9.36 Å². The molecule has 0 spiro atoms. The predicted octanol–water partition coefficient (Wildman–Crippen LogP) is 1.86. The fourth-order valence-corrected chi connectivity index (χ4v) is 3.85. The molecule has 4 rings (SSSR count). The third-order valence-corrected chi connectivity index (χ3v) is 5.11. The summed E-state index contributed by atoms with van der Waals surface area (Å²) in [4.78, 5) is 27.3. The Hall–Kier alpha value is -3.36. The van der Waals surface area contributed by atoms with Crippen LogP contribution in [-0.4, -0.2) is 58.8 Å². The first-order valence-electron chi connectivity index (χ1n) is 9.46. The van der Waals surface area contributed by atoms with Crippen molar-refractivity contribution < 1.29 is 14.3 Å². The summed E-state index contributed by atoms with van der Waals surface area (Å²) in [5, 5.41) is 2.98. The number of aromatic nitrogens is 4. The predicted molar refractivity (Wildman–Crippen MR) is 109 cm³/mol. The standard InChI is InChI=1S/C20H24N6O3/c1-12-23-18-19(25-8-7-14(10-25)24-13(2)27)21-11-22-20(18)26(12)15-5-6-16(28-3)17(9-15)29-4/h5-6,9,11,14H,7-8,10H2,1-4H3,(H,24,27). The van der Waals surface area contributed by atoms with Gasteiger partial charge in [-0.25, -0.2) is 15.0 Å². The number of ether oxygens (including phenoxy) is 2. The van der Waals surface area contributed by atoms with Gasteiger partial charge < -0.3 is 19.7 Å². The molecule has 1 unspecified atom stereocenters. The summed E-state index contributed by atoms with van der Waals surface area (Å²) in [7, 11) is 3.22. The highest BCUT2D eigenvalue weighted by atomic mass is 16.5. The summed E-state index contributed by atoms with van der Waals surface area (Å²) in [5.41, 5.74) is 2.34. The maximum Gasteiger partial charge on any atom is 0.217 e. The van der Waals surface area contributed by atoms with Crippen LogP contribution >= 0.6 is 0 Å². The molecule has 2 aromatic heterocycles. The van der Waals surface area contributed by atoms with E-state index in [1.165, 1.54) is 0 Å². The SMILES string of the molecule is COc1ccc(-n2c(C)nc3c(N4CCC(NC(C)=O)C4)ncnc32)cc1OC. The maximum absolute atomic E-state index is 11.4. The number of methoxy groups -OCH3 is 2. The van der Waals surface area contributed by atoms with Gasteiger partial charge in [-0.05, 0) is 25.5 Å². The summed E-state index contributed by atoms with van der Waals surface area (Å²) in [6.07, 6.45) is 2.43. The van der Waals surface area contributed by atoms with Crippen LogP contribution in [0.2, 0.25) is 0 Å². The Morgan fingerprint density at radius 1 is 1.21 bits per heavy atom. The van der Waals surface area contributed by atoms with Crippen molar-refractivity contribution in [3.63, 3.8) is 0 Å². The molecule has 0 saturated carbocycles. The lowest BCUT2D eigenvalue weighted by atomic mass is 10.2. The van der Waals surface area contributed by atoms with Crippen molar-refractivity contribution in [1.29, 1.82) is 0 Å². The molecule has 0 aliphatic carbocycles. The lowest BCUT2D eigenvalue weighted by Crippen LogP contribution is -2.35. The van der Waals surface area contributed by atoms with Crippen LogP contribution in [0.1, 0.15) is 19.2 Å². The van der Waals surface area contributed by atoms with Gasteiger partial charge in [-0.15, -0.1) is 0 Å². The van der Waals surface area contributed by atoms with Crippen molar-refractivity contribution in [2.75, 3.05) is 32.2 Å². The van der Waals surface area contributed by atoms with E-state index in [-0.39, 0.29) is 11.9 Å². The average molecular weight is 396 g/mol. The Bertz CT molecular complexity index is 1060. The number of carbonyl (C=O) groups excluding carboxylic acids is 1. The van der Waals surface area contributed by atoms with Gasteiger partial charge in [0.1, 0.15) is 12.2 Å². The van der Waals surface area contributed by atoms with Crippen molar-refractivity contribution >= 4 is 22.9 Å². The Kier molecular flexibility index (Phi) is 4.96. The highest BCUT2D eigenvalue weighted by Gasteiger charge is 2.27. The minimum absolute atomic E-state index is 0.0155. The van der Waals surface area contributed by atoms with E-state index in [4.69, 9.17) is 14.5 Å². The molecule has 152 valence electrons. The Labute approximate surface area is 168 Å². The molecule has 9 heteroatoms. The van der Waals surface area contributed by atoms with E-state index in [2.05, 4.69) is 20.2 Å². The second-order valence-corrected chi connectivity index (χ2v) is 7.04. The number of carbonyl (C=O) groups is 1. The number of aryl methyl sites for hydroxylation is 1. The van der Waals surface area contributed by atoms with E-state index in [1.54, 1.807) is 27.5 Å². The third-order valence-electron chi connectivity index (χ3n) is 5.11. The summed E-state index contributed by atoms with van der Waals surface area (Å²) in [6.45, 7) is 4.99. The van der Waals surface area contributed by atoms with E-state index in [0.29, 0.717) is 18.0 Å². The zero-order valence-corrected chi connectivity index (χ0v) is 17.0. The van der Waals surface area contributed by atoms with Crippen molar-refractivity contribution in [3.05, 3.63) is 30.4 Å². The van der Waals surface area contributed by atoms with Gasteiger partial charge >= 0.3 is 0 Å². The largest absolute Gasteiger partial charge is 0.493 e. The zero-order valence-electron chi connectivity index (χ0n) is 17.0. The molecule has 1 aromatic carbocycles. The molecule has 3 heterocycles. The fourth-order valence-electron chi connectivity index (χ4n) is 3.85. The fraction of sp³-hybridized carbons (Fsp3) is 0.400. The van der Waals surface area contributed by atoms with Crippen molar-refractivity contribution in [2.45, 2.75) is 26.3 Å². The molecule has 1 N–H and O–H groups in total. The number of nitrogens with one attached hydrogen (secondary N) is 1. The average Bonchev–Trinajstić information content (AvgIpc) is 3.30. The number of anilines is 1. The van der Waals surface area contributed by atoms with E-state index in [0.717, 1.165) is 41.5 Å². The first kappa shape index (κ1) is 19.0. The molecular weight excluding hydrogens is 372 g/mol. The van der Waals surface area contributed by atoms with Gasteiger partial charge in [0.2, 0.25) is 5.91 Å². The molecule has 3 aromatic rings. The van der Waals surface area contributed by atoms with Crippen LogP contribution in [0.15, 0.2) is 24.5 Å². The molecule has 1 atom stereocenters. The summed E-state index contributed by atoms with van der Waals surface area (Å²) in [5.74, 6) is 2.86. The number of rotatable bonds is 5. The highest BCUT2D eigenvalue weighted by Crippen LogP contribution is 2.32. The lowest BCUT2D eigenvalue weighted by molar-refractivity contribution is -0.119. The molecule has 1 aliphatic heterocycles. The lowest BCUT2D eigenvalue weighted by Gasteiger charge is -2.17. The molecule has 9 nitrogen and oxygen atoms in total. The molecular formula is C20H24N6O3. The Morgan fingerprint density at radius 3 is 2.72 bits per heavy atom. The number of nitrogens with zero attached hydrogens (tertiary/aromatic N) is 5. The van der Waals surface area contributed by atoms with Crippen LogP contribution in [0, 0.1) is 6.92 Å². The van der Waals surface area contributed by atoms with E-state index >= 15 is 0 Å². The normalized spacial score (nSPS) is 16.3. The van der Waals surface area contributed by atoms with E-state index in [1.807, 2.05) is 29.7 Å². The molecule has 0 bridgehead atoms. The molecule has 0 radical (unpaired) electrons. The monoisotopic (exact) mass is 396 g/mol. The summed E-state index contributed by atoms with van der Waals surface area (Å²) in [6, 6.07) is 5.82. The van der Waals surface area contributed by atoms with Gasteiger partial charge in [-0.2, -0.15) is 0 Å². The number of benzene rings is 1. The minimum Gasteiger partial charge on any atom is -0.493 e. The Morgan fingerprint density at radius 2 is 2.00 bits per heavy atom. The van der Waals surface area contributed by atoms with E-state index in [9.17, 15) is 4.79 Å². The molecule has 1 amide bonds. The van der Waals surface area contributed by atoms with Crippen LogP contribution in [0.5, 0.6) is 11.5 Å². The third kappa shape index (κ3) is 3.43. The van der Waals surface area contributed by atoms with E-state index < -0.39 is 0 Å². The minimum atomic E-state index is -0.0155. The smallest absolute Gasteiger partial charge is 0.217 e. The van der Waals surface area contributed by atoms with Crippen molar-refractivity contribution in [1.82, 2.24) is 24.8 Å². The number of hydrogen-bond acceptors (Lipinski definition) is 7. The zero-order chi connectivity index (χ0) is 20.5. The van der Waals surface area contributed by atoms with Crippen LogP contribution < -0.4 is 19.7 Å². The van der Waals surface area contributed by atoms with Gasteiger partial charge in [-0.1, -0.05) is 0 Å². The van der Waals surface area contributed by atoms with Crippen LogP contribution in [-0.2, 0) is 4.79 Å². The van der Waals surface area contributed by atoms with Gasteiger partial charge in [0, 0.05) is 32.1 Å². The van der Waals surface area contributed by atoms with Crippen LogP contribution in [0.3, 0.4) is 0 Å². The Balaban J connectivity index is 1.75. The number of fused-ring (bicyclic) bond motifs is 1. The first-order chi connectivity index (χ1) is 14.0. The highest BCUT2D eigenvalue weighted by molar-refractivity contribution is 5.85.